The summed E-state index contributed by atoms with van der Waals surface area (Å²) in [5, 5.41) is 12.6. The first-order chi connectivity index (χ1) is 8.56. The van der Waals surface area contributed by atoms with E-state index in [1.54, 1.807) is 24.3 Å². The number of para-hydroxylation sites is 1. The Labute approximate surface area is 113 Å². The number of phenolic OH excluding ortho intramolecular Hbond substituents is 1. The maximum atomic E-state index is 12.0. The van der Waals surface area contributed by atoms with Crippen LogP contribution in [-0.4, -0.2) is 22.4 Å². The number of halogens is 1. The number of carbonyl (C=O) groups is 1. The van der Waals surface area contributed by atoms with Crippen molar-refractivity contribution in [2.75, 3.05) is 5.88 Å². The maximum absolute atomic E-state index is 12.0. The molecule has 0 aromatic heterocycles. The molecule has 0 heterocycles. The molecule has 1 amide bonds. The van der Waals surface area contributed by atoms with E-state index in [0.29, 0.717) is 11.4 Å². The summed E-state index contributed by atoms with van der Waals surface area (Å²) in [5.41, 5.74) is 0.286. The molecule has 3 nitrogen and oxygen atoms in total. The summed E-state index contributed by atoms with van der Waals surface area (Å²) in [5.74, 6) is 0.435. The molecule has 0 aliphatic rings. The molecule has 0 atom stereocenters. The van der Waals surface area contributed by atoms with Crippen molar-refractivity contribution in [3.63, 3.8) is 0 Å². The second-order valence-corrected chi connectivity index (χ2v) is 4.74. The minimum absolute atomic E-state index is 0.110. The van der Waals surface area contributed by atoms with Gasteiger partial charge in [0.05, 0.1) is 12.0 Å². The van der Waals surface area contributed by atoms with E-state index >= 15 is 0 Å². The van der Waals surface area contributed by atoms with E-state index in [1.165, 1.54) is 0 Å². The lowest BCUT2D eigenvalue weighted by atomic mass is 9.94. The van der Waals surface area contributed by atoms with Crippen LogP contribution >= 0.6 is 11.6 Å². The van der Waals surface area contributed by atoms with Crippen molar-refractivity contribution in [3.05, 3.63) is 29.8 Å². The molecule has 4 heteroatoms. The molecule has 2 N–H and O–H groups in total. The van der Waals surface area contributed by atoms with Gasteiger partial charge in [0.25, 0.3) is 0 Å². The molecule has 18 heavy (non-hydrogen) atoms. The number of alkyl halides is 1. The predicted octanol–water partition coefficient (Wildman–Crippen LogP) is 2.85. The number of amides is 1. The zero-order valence-corrected chi connectivity index (χ0v) is 11.6. The quantitative estimate of drug-likeness (QED) is 0.780. The summed E-state index contributed by atoms with van der Waals surface area (Å²) in [6.45, 7) is 4.01. The number of phenols is 1. The van der Waals surface area contributed by atoms with Gasteiger partial charge in [-0.25, -0.2) is 0 Å². The predicted molar refractivity (Wildman–Crippen MR) is 74.0 cm³/mol. The zero-order valence-electron chi connectivity index (χ0n) is 10.9. The van der Waals surface area contributed by atoms with E-state index in [-0.39, 0.29) is 23.6 Å². The Morgan fingerprint density at radius 1 is 1.33 bits per heavy atom. The third-order valence-corrected chi connectivity index (χ3v) is 3.87. The van der Waals surface area contributed by atoms with Crippen molar-refractivity contribution >= 4 is 17.5 Å². The van der Waals surface area contributed by atoms with Crippen LogP contribution in [-0.2, 0) is 11.2 Å². The van der Waals surface area contributed by atoms with Gasteiger partial charge in [-0.3, -0.25) is 4.79 Å². The molecule has 0 fully saturated rings. The summed E-state index contributed by atoms with van der Waals surface area (Å²) in [6, 6.07) is 6.86. The summed E-state index contributed by atoms with van der Waals surface area (Å²) in [7, 11) is 0. The molecular weight excluding hydrogens is 250 g/mol. The molecular formula is C14H20ClNO2. The summed E-state index contributed by atoms with van der Waals surface area (Å²) >= 11 is 5.94. The number of aromatic hydroxyl groups is 1. The van der Waals surface area contributed by atoms with Crippen LogP contribution in [0.25, 0.3) is 0 Å². The molecule has 0 saturated heterocycles. The van der Waals surface area contributed by atoms with Crippen LogP contribution in [0.1, 0.15) is 32.3 Å². The lowest BCUT2D eigenvalue weighted by Crippen LogP contribution is -2.49. The Morgan fingerprint density at radius 2 is 1.94 bits per heavy atom. The third kappa shape index (κ3) is 3.64. The van der Waals surface area contributed by atoms with Gasteiger partial charge in [0.2, 0.25) is 5.91 Å². The van der Waals surface area contributed by atoms with E-state index in [4.69, 9.17) is 11.6 Å². The average Bonchev–Trinajstić information content (AvgIpc) is 2.39. The van der Waals surface area contributed by atoms with Gasteiger partial charge in [-0.2, -0.15) is 0 Å². The number of nitrogens with one attached hydrogen (secondary N) is 1. The SMILES string of the molecule is CCC(CC)(CCl)NC(=O)Cc1ccccc1O. The number of benzene rings is 1. The van der Waals surface area contributed by atoms with Crippen LogP contribution in [0.3, 0.4) is 0 Å². The fourth-order valence-corrected chi connectivity index (χ4v) is 2.27. The fourth-order valence-electron chi connectivity index (χ4n) is 1.82. The molecule has 0 spiro atoms. The highest BCUT2D eigenvalue weighted by Gasteiger charge is 2.27. The number of carbonyl (C=O) groups excluding carboxylic acids is 1. The minimum Gasteiger partial charge on any atom is -0.508 e. The van der Waals surface area contributed by atoms with Crippen LogP contribution in [0.15, 0.2) is 24.3 Å². The van der Waals surface area contributed by atoms with E-state index < -0.39 is 0 Å². The number of rotatable bonds is 6. The third-order valence-electron chi connectivity index (χ3n) is 3.36. The molecule has 0 unspecified atom stereocenters. The monoisotopic (exact) mass is 269 g/mol. The largest absolute Gasteiger partial charge is 0.508 e. The first-order valence-corrected chi connectivity index (χ1v) is 6.74. The van der Waals surface area contributed by atoms with Gasteiger partial charge in [0.15, 0.2) is 0 Å². The van der Waals surface area contributed by atoms with Gasteiger partial charge in [0.1, 0.15) is 5.75 Å². The van der Waals surface area contributed by atoms with Gasteiger partial charge in [0, 0.05) is 11.4 Å². The van der Waals surface area contributed by atoms with Crippen molar-refractivity contribution < 1.29 is 9.90 Å². The lowest BCUT2D eigenvalue weighted by molar-refractivity contribution is -0.122. The lowest BCUT2D eigenvalue weighted by Gasteiger charge is -2.30. The average molecular weight is 270 g/mol. The zero-order chi connectivity index (χ0) is 13.6. The summed E-state index contributed by atoms with van der Waals surface area (Å²) in [4.78, 5) is 12.0. The normalized spacial score (nSPS) is 11.3. The molecule has 1 rings (SSSR count). The van der Waals surface area contributed by atoms with Crippen LogP contribution in [0.5, 0.6) is 5.75 Å². The number of hydrogen-bond donors (Lipinski definition) is 2. The van der Waals surface area contributed by atoms with Crippen LogP contribution in [0.2, 0.25) is 0 Å². The molecule has 0 aliphatic carbocycles. The smallest absolute Gasteiger partial charge is 0.225 e. The van der Waals surface area contributed by atoms with Gasteiger partial charge < -0.3 is 10.4 Å². The van der Waals surface area contributed by atoms with Gasteiger partial charge in [-0.05, 0) is 18.9 Å². The first-order valence-electron chi connectivity index (χ1n) is 6.20. The first kappa shape index (κ1) is 14.8. The van der Waals surface area contributed by atoms with Crippen LogP contribution < -0.4 is 5.32 Å². The Bertz CT molecular complexity index is 394. The van der Waals surface area contributed by atoms with Crippen molar-refractivity contribution in [2.24, 2.45) is 0 Å². The van der Waals surface area contributed by atoms with Crippen molar-refractivity contribution in [1.29, 1.82) is 0 Å². The second kappa shape index (κ2) is 6.64. The molecule has 1 aromatic carbocycles. The van der Waals surface area contributed by atoms with E-state index in [1.807, 2.05) is 13.8 Å². The van der Waals surface area contributed by atoms with Gasteiger partial charge in [-0.15, -0.1) is 11.6 Å². The summed E-state index contributed by atoms with van der Waals surface area (Å²) < 4.78 is 0. The highest BCUT2D eigenvalue weighted by Crippen LogP contribution is 2.19. The molecule has 1 aromatic rings. The maximum Gasteiger partial charge on any atom is 0.225 e. The summed E-state index contributed by atoms with van der Waals surface area (Å²) in [6.07, 6.45) is 1.75. The van der Waals surface area contributed by atoms with Gasteiger partial charge in [-0.1, -0.05) is 32.0 Å². The highest BCUT2D eigenvalue weighted by atomic mass is 35.5. The molecule has 0 radical (unpaired) electrons. The molecule has 0 saturated carbocycles. The molecule has 100 valence electrons. The van der Waals surface area contributed by atoms with E-state index in [2.05, 4.69) is 5.32 Å². The van der Waals surface area contributed by atoms with E-state index in [0.717, 1.165) is 12.8 Å². The standard InChI is InChI=1S/C14H20ClNO2/c1-3-14(4-2,10-15)16-13(18)9-11-7-5-6-8-12(11)17/h5-8,17H,3-4,9-10H2,1-2H3,(H,16,18). The number of hydrogen-bond acceptors (Lipinski definition) is 2. The van der Waals surface area contributed by atoms with Crippen LogP contribution in [0.4, 0.5) is 0 Å². The Hall–Kier alpha value is -1.22. The Kier molecular flexibility index (Phi) is 5.48. The topological polar surface area (TPSA) is 49.3 Å². The second-order valence-electron chi connectivity index (χ2n) is 4.47. The van der Waals surface area contributed by atoms with Crippen LogP contribution in [0, 0.1) is 0 Å². The van der Waals surface area contributed by atoms with Crippen molar-refractivity contribution in [2.45, 2.75) is 38.6 Å². The van der Waals surface area contributed by atoms with Crippen molar-refractivity contribution in [3.8, 4) is 5.75 Å². The highest BCUT2D eigenvalue weighted by molar-refractivity contribution is 6.18. The van der Waals surface area contributed by atoms with Gasteiger partial charge >= 0.3 is 0 Å². The molecule has 0 aliphatic heterocycles. The fraction of sp³-hybridized carbons (Fsp3) is 0.500. The molecule has 0 bridgehead atoms. The Balaban J connectivity index is 2.70. The van der Waals surface area contributed by atoms with Crippen molar-refractivity contribution in [1.82, 2.24) is 5.32 Å². The minimum atomic E-state index is -0.344. The van der Waals surface area contributed by atoms with E-state index in [9.17, 15) is 9.90 Å². The Morgan fingerprint density at radius 3 is 2.44 bits per heavy atom.